The zero-order valence-electron chi connectivity index (χ0n) is 13.5. The summed E-state index contributed by atoms with van der Waals surface area (Å²) in [4.78, 5) is 0.311. The molecule has 4 rings (SSSR count). The zero-order chi connectivity index (χ0) is 17.3. The largest absolute Gasteiger partial charge is 0.241 e. The van der Waals surface area contributed by atoms with Gasteiger partial charge in [-0.05, 0) is 27.8 Å². The average molecular weight is 347 g/mol. The van der Waals surface area contributed by atoms with Crippen molar-refractivity contribution >= 4 is 31.6 Å². The van der Waals surface area contributed by atoms with Crippen LogP contribution < -0.4 is 4.72 Å². The Labute approximate surface area is 147 Å². The average Bonchev–Trinajstić information content (AvgIpc) is 2.66. The molecule has 4 aromatic rings. The SMILES string of the molecule is O=S(=O)(NCc1cccc2ccccc12)c1cccc2ccccc12. The molecule has 0 aliphatic heterocycles. The molecule has 4 aromatic carbocycles. The summed E-state index contributed by atoms with van der Waals surface area (Å²) in [5, 5.41) is 3.81. The Morgan fingerprint density at radius 1 is 0.640 bits per heavy atom. The fourth-order valence-electron chi connectivity index (χ4n) is 3.13. The molecule has 124 valence electrons. The van der Waals surface area contributed by atoms with Gasteiger partial charge in [0, 0.05) is 11.9 Å². The lowest BCUT2D eigenvalue weighted by atomic mass is 10.1. The third-order valence-electron chi connectivity index (χ3n) is 4.37. The second-order valence-corrected chi connectivity index (χ2v) is 7.68. The normalized spacial score (nSPS) is 11.8. The number of rotatable bonds is 4. The Kier molecular flexibility index (Phi) is 3.99. The Bertz CT molecular complexity index is 1160. The van der Waals surface area contributed by atoms with E-state index in [9.17, 15) is 8.42 Å². The van der Waals surface area contributed by atoms with Crippen molar-refractivity contribution in [2.75, 3.05) is 0 Å². The maximum atomic E-state index is 12.8. The van der Waals surface area contributed by atoms with Crippen LogP contribution >= 0.6 is 0 Å². The quantitative estimate of drug-likeness (QED) is 0.592. The Morgan fingerprint density at radius 2 is 1.20 bits per heavy atom. The van der Waals surface area contributed by atoms with Crippen molar-refractivity contribution in [3.05, 3.63) is 90.5 Å². The number of fused-ring (bicyclic) bond motifs is 2. The summed E-state index contributed by atoms with van der Waals surface area (Å²) in [6.07, 6.45) is 0. The molecule has 0 heterocycles. The van der Waals surface area contributed by atoms with Crippen molar-refractivity contribution in [2.24, 2.45) is 0 Å². The second-order valence-electron chi connectivity index (χ2n) is 5.94. The van der Waals surface area contributed by atoms with Gasteiger partial charge in [-0.1, -0.05) is 78.9 Å². The van der Waals surface area contributed by atoms with Crippen LogP contribution in [0.3, 0.4) is 0 Å². The summed E-state index contributed by atoms with van der Waals surface area (Å²) >= 11 is 0. The van der Waals surface area contributed by atoms with Gasteiger partial charge < -0.3 is 0 Å². The molecule has 0 saturated heterocycles. The van der Waals surface area contributed by atoms with E-state index in [4.69, 9.17) is 0 Å². The number of benzene rings is 4. The molecule has 0 aliphatic carbocycles. The summed E-state index contributed by atoms with van der Waals surface area (Å²) in [7, 11) is -3.60. The van der Waals surface area contributed by atoms with Crippen LogP contribution in [0, 0.1) is 0 Å². The molecule has 0 aromatic heterocycles. The van der Waals surface area contributed by atoms with Crippen LogP contribution in [0.25, 0.3) is 21.5 Å². The molecular weight excluding hydrogens is 330 g/mol. The number of sulfonamides is 1. The van der Waals surface area contributed by atoms with Crippen molar-refractivity contribution in [3.63, 3.8) is 0 Å². The van der Waals surface area contributed by atoms with Crippen molar-refractivity contribution < 1.29 is 8.42 Å². The Balaban J connectivity index is 1.70. The Morgan fingerprint density at radius 3 is 1.96 bits per heavy atom. The molecule has 0 unspecified atom stereocenters. The van der Waals surface area contributed by atoms with Crippen LogP contribution in [-0.4, -0.2) is 8.42 Å². The first kappa shape index (κ1) is 15.8. The molecule has 0 radical (unpaired) electrons. The highest BCUT2D eigenvalue weighted by atomic mass is 32.2. The summed E-state index contributed by atoms with van der Waals surface area (Å²) in [6.45, 7) is 0.257. The summed E-state index contributed by atoms with van der Waals surface area (Å²) < 4.78 is 28.4. The molecule has 0 saturated carbocycles. The van der Waals surface area contributed by atoms with E-state index in [1.54, 1.807) is 12.1 Å². The summed E-state index contributed by atoms with van der Waals surface area (Å²) in [5.74, 6) is 0. The van der Waals surface area contributed by atoms with Gasteiger partial charge in [-0.25, -0.2) is 13.1 Å². The van der Waals surface area contributed by atoms with E-state index < -0.39 is 10.0 Å². The molecule has 4 heteroatoms. The van der Waals surface area contributed by atoms with Crippen LogP contribution in [0.2, 0.25) is 0 Å². The second kappa shape index (κ2) is 6.31. The molecule has 3 nitrogen and oxygen atoms in total. The fourth-order valence-corrected chi connectivity index (χ4v) is 4.36. The number of hydrogen-bond donors (Lipinski definition) is 1. The first-order chi connectivity index (χ1) is 12.1. The van der Waals surface area contributed by atoms with E-state index in [0.29, 0.717) is 4.90 Å². The van der Waals surface area contributed by atoms with Gasteiger partial charge in [0.1, 0.15) is 0 Å². The van der Waals surface area contributed by atoms with Gasteiger partial charge in [0.05, 0.1) is 4.90 Å². The van der Waals surface area contributed by atoms with Crippen LogP contribution in [-0.2, 0) is 16.6 Å². The number of nitrogens with one attached hydrogen (secondary N) is 1. The van der Waals surface area contributed by atoms with Crippen LogP contribution in [0.5, 0.6) is 0 Å². The molecule has 0 amide bonds. The molecule has 0 fully saturated rings. The van der Waals surface area contributed by atoms with Crippen LogP contribution in [0.4, 0.5) is 0 Å². The highest BCUT2D eigenvalue weighted by Crippen LogP contribution is 2.23. The highest BCUT2D eigenvalue weighted by Gasteiger charge is 2.17. The number of hydrogen-bond acceptors (Lipinski definition) is 2. The van der Waals surface area contributed by atoms with Gasteiger partial charge in [0.2, 0.25) is 10.0 Å². The fraction of sp³-hybridized carbons (Fsp3) is 0.0476. The van der Waals surface area contributed by atoms with E-state index >= 15 is 0 Å². The van der Waals surface area contributed by atoms with Crippen LogP contribution in [0.1, 0.15) is 5.56 Å². The standard InChI is InChI=1S/C21H17NO2S/c23-25(24,21-14-6-10-17-8-2-4-13-20(17)21)22-15-18-11-5-9-16-7-1-3-12-19(16)18/h1-14,22H,15H2. The topological polar surface area (TPSA) is 46.2 Å². The van der Waals surface area contributed by atoms with Crippen LogP contribution in [0.15, 0.2) is 89.8 Å². The summed E-state index contributed by atoms with van der Waals surface area (Å²) in [5.41, 5.74) is 0.960. The first-order valence-electron chi connectivity index (χ1n) is 8.09. The van der Waals surface area contributed by atoms with Crippen molar-refractivity contribution in [2.45, 2.75) is 11.4 Å². The minimum atomic E-state index is -3.60. The summed E-state index contributed by atoms with van der Waals surface area (Å²) in [6, 6.07) is 26.7. The molecule has 0 atom stereocenters. The first-order valence-corrected chi connectivity index (χ1v) is 9.57. The van der Waals surface area contributed by atoms with E-state index in [0.717, 1.165) is 27.1 Å². The predicted octanol–water partition coefficient (Wildman–Crippen LogP) is 4.47. The third-order valence-corrected chi connectivity index (χ3v) is 5.83. The van der Waals surface area contributed by atoms with Gasteiger partial charge in [-0.3, -0.25) is 0 Å². The Hall–Kier alpha value is -2.69. The van der Waals surface area contributed by atoms with E-state index in [2.05, 4.69) is 4.72 Å². The van der Waals surface area contributed by atoms with Crippen molar-refractivity contribution in [1.82, 2.24) is 4.72 Å². The van der Waals surface area contributed by atoms with E-state index in [1.165, 1.54) is 0 Å². The maximum Gasteiger partial charge on any atom is 0.241 e. The van der Waals surface area contributed by atoms with E-state index in [1.807, 2.05) is 72.8 Å². The smallest absolute Gasteiger partial charge is 0.207 e. The lowest BCUT2D eigenvalue weighted by Gasteiger charge is -2.11. The minimum Gasteiger partial charge on any atom is -0.207 e. The van der Waals surface area contributed by atoms with Gasteiger partial charge in [-0.2, -0.15) is 0 Å². The highest BCUT2D eigenvalue weighted by molar-refractivity contribution is 7.89. The third kappa shape index (κ3) is 3.02. The predicted molar refractivity (Wildman–Crippen MR) is 102 cm³/mol. The molecule has 0 aliphatic rings. The maximum absolute atomic E-state index is 12.8. The van der Waals surface area contributed by atoms with Gasteiger partial charge in [0.25, 0.3) is 0 Å². The lowest BCUT2D eigenvalue weighted by molar-refractivity contribution is 0.582. The molecule has 25 heavy (non-hydrogen) atoms. The van der Waals surface area contributed by atoms with E-state index in [-0.39, 0.29) is 6.54 Å². The lowest BCUT2D eigenvalue weighted by Crippen LogP contribution is -2.23. The molecular formula is C21H17NO2S. The monoisotopic (exact) mass is 347 g/mol. The molecule has 0 bridgehead atoms. The van der Waals surface area contributed by atoms with Gasteiger partial charge in [-0.15, -0.1) is 0 Å². The molecule has 0 spiro atoms. The minimum absolute atomic E-state index is 0.257. The molecule has 1 N–H and O–H groups in total. The van der Waals surface area contributed by atoms with Gasteiger partial charge >= 0.3 is 0 Å². The van der Waals surface area contributed by atoms with Gasteiger partial charge in [0.15, 0.2) is 0 Å². The van der Waals surface area contributed by atoms with Crippen molar-refractivity contribution in [1.29, 1.82) is 0 Å². The van der Waals surface area contributed by atoms with Crippen molar-refractivity contribution in [3.8, 4) is 0 Å². The zero-order valence-corrected chi connectivity index (χ0v) is 14.3.